The number of piperidine rings is 1. The summed E-state index contributed by atoms with van der Waals surface area (Å²) in [6.45, 7) is 3.54. The predicted octanol–water partition coefficient (Wildman–Crippen LogP) is 1.49. The van der Waals surface area contributed by atoms with Crippen LogP contribution >= 0.6 is 0 Å². The smallest absolute Gasteiger partial charge is 0.225 e. The van der Waals surface area contributed by atoms with E-state index < -0.39 is 0 Å². The molecule has 1 aliphatic carbocycles. The fourth-order valence-electron chi connectivity index (χ4n) is 2.20. The average molecular weight is 210 g/mol. The third-order valence-electron chi connectivity index (χ3n) is 3.41. The minimum Gasteiger partial charge on any atom is -0.411 e. The van der Waals surface area contributed by atoms with Gasteiger partial charge in [0, 0.05) is 31.3 Å². The number of carbonyl (C=O) groups is 1. The normalized spacial score (nSPS) is 29.5. The molecular weight excluding hydrogens is 192 g/mol. The number of nitrogens with zero attached hydrogens (tertiary/aromatic N) is 2. The number of likely N-dealkylation sites (tertiary alicyclic amines) is 1. The van der Waals surface area contributed by atoms with Crippen LogP contribution in [0.3, 0.4) is 0 Å². The van der Waals surface area contributed by atoms with Gasteiger partial charge >= 0.3 is 0 Å². The summed E-state index contributed by atoms with van der Waals surface area (Å²) >= 11 is 0. The van der Waals surface area contributed by atoms with Crippen molar-refractivity contribution >= 4 is 11.6 Å². The summed E-state index contributed by atoms with van der Waals surface area (Å²) in [6, 6.07) is 0. The Hall–Kier alpha value is -1.06. The minimum atomic E-state index is 0.256. The maximum Gasteiger partial charge on any atom is 0.225 e. The second kappa shape index (κ2) is 4.21. The first-order valence-corrected chi connectivity index (χ1v) is 5.75. The van der Waals surface area contributed by atoms with E-state index in [1.54, 1.807) is 0 Å². The van der Waals surface area contributed by atoms with E-state index in [0.29, 0.717) is 11.8 Å². The summed E-state index contributed by atoms with van der Waals surface area (Å²) in [6.07, 6.45) is 3.79. The van der Waals surface area contributed by atoms with Gasteiger partial charge in [-0.05, 0) is 19.3 Å². The van der Waals surface area contributed by atoms with Crippen molar-refractivity contribution in [3.05, 3.63) is 0 Å². The molecule has 1 amide bonds. The highest BCUT2D eigenvalue weighted by Gasteiger charge is 2.36. The van der Waals surface area contributed by atoms with E-state index in [0.717, 1.165) is 44.5 Å². The topological polar surface area (TPSA) is 52.9 Å². The SMILES string of the molecule is CCC1CN(C(=O)C2CC2)CCC1=NO. The van der Waals surface area contributed by atoms with Crippen LogP contribution in [0.4, 0.5) is 0 Å². The van der Waals surface area contributed by atoms with Crippen molar-refractivity contribution in [1.29, 1.82) is 0 Å². The van der Waals surface area contributed by atoms with Crippen LogP contribution in [0.25, 0.3) is 0 Å². The summed E-state index contributed by atoms with van der Waals surface area (Å²) in [5.74, 6) is 0.868. The van der Waals surface area contributed by atoms with E-state index in [9.17, 15) is 4.79 Å². The van der Waals surface area contributed by atoms with Crippen LogP contribution < -0.4 is 0 Å². The van der Waals surface area contributed by atoms with Crippen molar-refractivity contribution in [2.45, 2.75) is 32.6 Å². The van der Waals surface area contributed by atoms with Crippen molar-refractivity contribution in [2.24, 2.45) is 17.0 Å². The third-order valence-corrected chi connectivity index (χ3v) is 3.41. The molecule has 4 nitrogen and oxygen atoms in total. The van der Waals surface area contributed by atoms with Crippen LogP contribution in [0.1, 0.15) is 32.6 Å². The largest absolute Gasteiger partial charge is 0.411 e. The van der Waals surface area contributed by atoms with E-state index in [1.807, 2.05) is 4.90 Å². The third kappa shape index (κ3) is 2.13. The number of rotatable bonds is 2. The Morgan fingerprint density at radius 3 is 2.87 bits per heavy atom. The Bertz CT molecular complexity index is 284. The van der Waals surface area contributed by atoms with Crippen molar-refractivity contribution in [2.75, 3.05) is 13.1 Å². The highest BCUT2D eigenvalue weighted by molar-refractivity contribution is 5.90. The first-order valence-electron chi connectivity index (χ1n) is 5.75. The molecule has 1 aliphatic heterocycles. The average Bonchev–Trinajstić information content (AvgIpc) is 3.11. The summed E-state index contributed by atoms with van der Waals surface area (Å²) in [7, 11) is 0. The molecule has 0 aromatic carbocycles. The molecule has 0 radical (unpaired) electrons. The Balaban J connectivity index is 1.97. The second-order valence-corrected chi connectivity index (χ2v) is 4.51. The summed E-state index contributed by atoms with van der Waals surface area (Å²) in [4.78, 5) is 13.8. The van der Waals surface area contributed by atoms with Gasteiger partial charge in [0.2, 0.25) is 5.91 Å². The van der Waals surface area contributed by atoms with Gasteiger partial charge in [-0.25, -0.2) is 0 Å². The molecule has 4 heteroatoms. The maximum atomic E-state index is 11.8. The van der Waals surface area contributed by atoms with Crippen molar-refractivity contribution in [3.63, 3.8) is 0 Å². The van der Waals surface area contributed by atoms with E-state index in [2.05, 4.69) is 12.1 Å². The minimum absolute atomic E-state index is 0.256. The molecule has 0 spiro atoms. The predicted molar refractivity (Wildman–Crippen MR) is 56.9 cm³/mol. The standard InChI is InChI=1S/C11H18N2O2/c1-2-8-7-13(6-5-10(8)12-15)11(14)9-3-4-9/h8-9,15H,2-7H2,1H3. The molecule has 0 bridgehead atoms. The van der Waals surface area contributed by atoms with Crippen molar-refractivity contribution in [1.82, 2.24) is 4.90 Å². The number of carbonyl (C=O) groups excluding carboxylic acids is 1. The van der Waals surface area contributed by atoms with Crippen LogP contribution in [-0.4, -0.2) is 34.8 Å². The Kier molecular flexibility index (Phi) is 2.93. The highest BCUT2D eigenvalue weighted by Crippen LogP contribution is 2.32. The van der Waals surface area contributed by atoms with Gasteiger partial charge in [-0.2, -0.15) is 0 Å². The van der Waals surface area contributed by atoms with E-state index >= 15 is 0 Å². The molecule has 0 aromatic rings. The molecule has 2 aliphatic rings. The first-order chi connectivity index (χ1) is 7.26. The van der Waals surface area contributed by atoms with Gasteiger partial charge in [-0.15, -0.1) is 0 Å². The molecule has 15 heavy (non-hydrogen) atoms. The lowest BCUT2D eigenvalue weighted by Crippen LogP contribution is -2.44. The maximum absolute atomic E-state index is 11.8. The number of amides is 1. The molecule has 1 saturated carbocycles. The zero-order chi connectivity index (χ0) is 10.8. The van der Waals surface area contributed by atoms with Gasteiger partial charge in [0.25, 0.3) is 0 Å². The summed E-state index contributed by atoms with van der Waals surface area (Å²) in [5.41, 5.74) is 0.859. The zero-order valence-electron chi connectivity index (χ0n) is 9.15. The number of oxime groups is 1. The number of hydrogen-bond donors (Lipinski definition) is 1. The Morgan fingerprint density at radius 2 is 2.33 bits per heavy atom. The molecule has 0 aromatic heterocycles. The lowest BCUT2D eigenvalue weighted by atomic mass is 9.93. The first kappa shape index (κ1) is 10.5. The zero-order valence-corrected chi connectivity index (χ0v) is 9.15. The van der Waals surface area contributed by atoms with E-state index in [1.165, 1.54) is 0 Å². The summed E-state index contributed by atoms with van der Waals surface area (Å²) < 4.78 is 0. The molecule has 1 heterocycles. The highest BCUT2D eigenvalue weighted by atomic mass is 16.4. The van der Waals surface area contributed by atoms with Crippen LogP contribution in [0, 0.1) is 11.8 Å². The molecule has 84 valence electrons. The molecule has 1 unspecified atom stereocenters. The Morgan fingerprint density at radius 1 is 1.60 bits per heavy atom. The number of hydrogen-bond acceptors (Lipinski definition) is 3. The van der Waals surface area contributed by atoms with Gasteiger partial charge in [-0.1, -0.05) is 12.1 Å². The van der Waals surface area contributed by atoms with Crippen molar-refractivity contribution in [3.8, 4) is 0 Å². The van der Waals surface area contributed by atoms with Gasteiger partial charge in [-0.3, -0.25) is 4.79 Å². The molecule has 1 saturated heterocycles. The summed E-state index contributed by atoms with van der Waals surface area (Å²) in [5, 5.41) is 12.2. The van der Waals surface area contributed by atoms with Crippen LogP contribution in [-0.2, 0) is 4.79 Å². The van der Waals surface area contributed by atoms with Crippen LogP contribution in [0.5, 0.6) is 0 Å². The lowest BCUT2D eigenvalue weighted by Gasteiger charge is -2.32. The molecule has 2 fully saturated rings. The quantitative estimate of drug-likeness (QED) is 0.554. The lowest BCUT2D eigenvalue weighted by molar-refractivity contribution is -0.133. The van der Waals surface area contributed by atoms with Crippen LogP contribution in [0.2, 0.25) is 0 Å². The van der Waals surface area contributed by atoms with E-state index in [-0.39, 0.29) is 5.92 Å². The van der Waals surface area contributed by atoms with Gasteiger partial charge in [0.15, 0.2) is 0 Å². The van der Waals surface area contributed by atoms with Gasteiger partial charge in [0.1, 0.15) is 0 Å². The second-order valence-electron chi connectivity index (χ2n) is 4.51. The Labute approximate surface area is 89.9 Å². The molecule has 2 rings (SSSR count). The molecule has 1 N–H and O–H groups in total. The fraction of sp³-hybridized carbons (Fsp3) is 0.818. The van der Waals surface area contributed by atoms with Gasteiger partial charge in [0.05, 0.1) is 5.71 Å². The molecular formula is C11H18N2O2. The van der Waals surface area contributed by atoms with E-state index in [4.69, 9.17) is 5.21 Å². The fourth-order valence-corrected chi connectivity index (χ4v) is 2.20. The van der Waals surface area contributed by atoms with Crippen LogP contribution in [0.15, 0.2) is 5.16 Å². The monoisotopic (exact) mass is 210 g/mol. The van der Waals surface area contributed by atoms with Crippen molar-refractivity contribution < 1.29 is 10.0 Å². The molecule has 1 atom stereocenters. The van der Waals surface area contributed by atoms with Gasteiger partial charge < -0.3 is 10.1 Å².